The number of nitrogens with zero attached hydrogens (tertiary/aromatic N) is 4. The van der Waals surface area contributed by atoms with Crippen molar-refractivity contribution in [2.24, 2.45) is 0 Å². The summed E-state index contributed by atoms with van der Waals surface area (Å²) in [6, 6.07) is 10.0. The zero-order valence-electron chi connectivity index (χ0n) is 18.9. The van der Waals surface area contributed by atoms with Crippen LogP contribution < -0.4 is 14.4 Å². The van der Waals surface area contributed by atoms with Gasteiger partial charge in [0, 0.05) is 44.0 Å². The number of benzene rings is 1. The van der Waals surface area contributed by atoms with E-state index in [0.29, 0.717) is 5.89 Å². The molecule has 0 amide bonds. The molecule has 7 heteroatoms. The summed E-state index contributed by atoms with van der Waals surface area (Å²) in [4.78, 5) is 14.2. The van der Waals surface area contributed by atoms with Crippen LogP contribution >= 0.6 is 0 Å². The first-order chi connectivity index (χ1) is 15.0. The van der Waals surface area contributed by atoms with Gasteiger partial charge in [0.25, 0.3) is 0 Å². The molecule has 1 saturated heterocycles. The molecule has 0 N–H and O–H groups in total. The van der Waals surface area contributed by atoms with Crippen LogP contribution in [0.1, 0.15) is 22.7 Å². The molecule has 3 aromatic rings. The average molecular weight is 423 g/mol. The van der Waals surface area contributed by atoms with Crippen molar-refractivity contribution in [2.45, 2.75) is 27.3 Å². The Kier molecular flexibility index (Phi) is 6.13. The van der Waals surface area contributed by atoms with E-state index in [1.165, 1.54) is 0 Å². The molecule has 1 aromatic carbocycles. The van der Waals surface area contributed by atoms with Crippen molar-refractivity contribution in [3.63, 3.8) is 0 Å². The lowest BCUT2D eigenvalue weighted by atomic mass is 10.1. The van der Waals surface area contributed by atoms with Gasteiger partial charge >= 0.3 is 0 Å². The van der Waals surface area contributed by atoms with E-state index in [-0.39, 0.29) is 0 Å². The van der Waals surface area contributed by atoms with Gasteiger partial charge in [-0.15, -0.1) is 0 Å². The highest BCUT2D eigenvalue weighted by Gasteiger charge is 2.22. The van der Waals surface area contributed by atoms with Gasteiger partial charge in [-0.1, -0.05) is 6.07 Å². The molecule has 1 aliphatic rings. The Morgan fingerprint density at radius 1 is 0.935 bits per heavy atom. The van der Waals surface area contributed by atoms with Crippen molar-refractivity contribution in [2.75, 3.05) is 45.3 Å². The van der Waals surface area contributed by atoms with Crippen LogP contribution in [0.2, 0.25) is 0 Å². The van der Waals surface area contributed by atoms with Crippen molar-refractivity contribution < 1.29 is 13.9 Å². The van der Waals surface area contributed by atoms with Gasteiger partial charge in [0.1, 0.15) is 23.1 Å². The third-order valence-corrected chi connectivity index (χ3v) is 5.85. The highest BCUT2D eigenvalue weighted by atomic mass is 16.5. The molecule has 0 radical (unpaired) electrons. The fraction of sp³-hybridized carbons (Fsp3) is 0.417. The molecular weight excluding hydrogens is 392 g/mol. The minimum Gasteiger partial charge on any atom is -0.496 e. The van der Waals surface area contributed by atoms with E-state index in [0.717, 1.165) is 78.3 Å². The fourth-order valence-corrected chi connectivity index (χ4v) is 4.07. The van der Waals surface area contributed by atoms with Gasteiger partial charge in [0.05, 0.1) is 25.5 Å². The summed E-state index contributed by atoms with van der Waals surface area (Å²) in [5.41, 5.74) is 3.79. The molecule has 2 aromatic heterocycles. The number of pyridine rings is 1. The highest BCUT2D eigenvalue weighted by molar-refractivity contribution is 5.68. The average Bonchev–Trinajstić information content (AvgIpc) is 3.14. The molecule has 31 heavy (non-hydrogen) atoms. The maximum absolute atomic E-state index is 6.04. The molecule has 0 bridgehead atoms. The summed E-state index contributed by atoms with van der Waals surface area (Å²) in [6.45, 7) is 10.6. The van der Waals surface area contributed by atoms with E-state index in [1.807, 2.05) is 39.0 Å². The molecule has 7 nitrogen and oxygen atoms in total. The summed E-state index contributed by atoms with van der Waals surface area (Å²) in [5, 5.41) is 0. The minimum atomic E-state index is 0.581. The molecule has 0 spiro atoms. The first kappa shape index (κ1) is 21.2. The van der Waals surface area contributed by atoms with Gasteiger partial charge in [-0.25, -0.2) is 9.97 Å². The van der Waals surface area contributed by atoms with Crippen LogP contribution in [0.3, 0.4) is 0 Å². The summed E-state index contributed by atoms with van der Waals surface area (Å²) in [7, 11) is 3.31. The number of aryl methyl sites for hydroxylation is 2. The predicted octanol–water partition coefficient (Wildman–Crippen LogP) is 4.00. The van der Waals surface area contributed by atoms with Crippen molar-refractivity contribution in [1.29, 1.82) is 0 Å². The van der Waals surface area contributed by atoms with Crippen LogP contribution in [0.25, 0.3) is 11.5 Å². The van der Waals surface area contributed by atoms with Gasteiger partial charge in [-0.3, -0.25) is 4.90 Å². The standard InChI is InChI=1S/C24H30N4O3/c1-16-7-6-8-22(25-16)28-13-11-27(12-14-28)15-20-18(3)31-24(26-20)19-9-10-21(29-4)17(2)23(19)30-5/h6-10H,11-15H2,1-5H3. The largest absolute Gasteiger partial charge is 0.496 e. The van der Waals surface area contributed by atoms with Gasteiger partial charge < -0.3 is 18.8 Å². The van der Waals surface area contributed by atoms with Crippen molar-refractivity contribution in [3.8, 4) is 23.0 Å². The maximum atomic E-state index is 6.04. The molecule has 0 unspecified atom stereocenters. The van der Waals surface area contributed by atoms with Gasteiger partial charge in [-0.2, -0.15) is 0 Å². The van der Waals surface area contributed by atoms with Crippen LogP contribution in [0.4, 0.5) is 5.82 Å². The summed E-state index contributed by atoms with van der Waals surface area (Å²) < 4.78 is 17.1. The van der Waals surface area contributed by atoms with Crippen LogP contribution in [0, 0.1) is 20.8 Å². The molecule has 0 atom stereocenters. The number of aromatic nitrogens is 2. The lowest BCUT2D eigenvalue weighted by molar-refractivity contribution is 0.245. The third-order valence-electron chi connectivity index (χ3n) is 5.85. The monoisotopic (exact) mass is 422 g/mol. The number of ether oxygens (including phenoxy) is 2. The van der Waals surface area contributed by atoms with Crippen LogP contribution in [0.15, 0.2) is 34.7 Å². The summed E-state index contributed by atoms with van der Waals surface area (Å²) in [6.07, 6.45) is 0. The molecule has 1 fully saturated rings. The number of oxazole rings is 1. The van der Waals surface area contributed by atoms with E-state index in [9.17, 15) is 0 Å². The van der Waals surface area contributed by atoms with Crippen molar-refractivity contribution >= 4 is 5.82 Å². The Labute approximate surface area is 183 Å². The second-order valence-corrected chi connectivity index (χ2v) is 7.90. The van der Waals surface area contributed by atoms with Crippen LogP contribution in [0.5, 0.6) is 11.5 Å². The number of rotatable bonds is 6. The molecule has 0 aliphatic carbocycles. The Bertz CT molecular complexity index is 1050. The van der Waals surface area contributed by atoms with Gasteiger partial charge in [0.2, 0.25) is 5.89 Å². The number of anilines is 1. The molecule has 0 saturated carbocycles. The van der Waals surface area contributed by atoms with E-state index in [2.05, 4.69) is 26.9 Å². The molecule has 164 valence electrons. The predicted molar refractivity (Wildman–Crippen MR) is 121 cm³/mol. The van der Waals surface area contributed by atoms with Gasteiger partial charge in [-0.05, 0) is 45.0 Å². The lowest BCUT2D eigenvalue weighted by Gasteiger charge is -2.35. The molecular formula is C24H30N4O3. The zero-order valence-corrected chi connectivity index (χ0v) is 18.9. The quantitative estimate of drug-likeness (QED) is 0.595. The Morgan fingerprint density at radius 3 is 2.39 bits per heavy atom. The lowest BCUT2D eigenvalue weighted by Crippen LogP contribution is -2.46. The van der Waals surface area contributed by atoms with Gasteiger partial charge in [0.15, 0.2) is 0 Å². The van der Waals surface area contributed by atoms with Crippen LogP contribution in [-0.2, 0) is 6.54 Å². The Morgan fingerprint density at radius 2 is 1.71 bits per heavy atom. The van der Waals surface area contributed by atoms with E-state index >= 15 is 0 Å². The molecule has 1 aliphatic heterocycles. The summed E-state index contributed by atoms with van der Waals surface area (Å²) >= 11 is 0. The normalized spacial score (nSPS) is 14.7. The SMILES string of the molecule is COc1ccc(-c2nc(CN3CCN(c4cccc(C)n4)CC3)c(C)o2)c(OC)c1C. The smallest absolute Gasteiger partial charge is 0.230 e. The number of piperazine rings is 1. The second kappa shape index (κ2) is 8.98. The van der Waals surface area contributed by atoms with Crippen LogP contribution in [-0.4, -0.2) is 55.3 Å². The Balaban J connectivity index is 1.47. The van der Waals surface area contributed by atoms with E-state index in [1.54, 1.807) is 14.2 Å². The highest BCUT2D eigenvalue weighted by Crippen LogP contribution is 2.38. The summed E-state index contributed by atoms with van der Waals surface area (Å²) in [5.74, 6) is 3.99. The maximum Gasteiger partial charge on any atom is 0.230 e. The first-order valence-corrected chi connectivity index (χ1v) is 10.6. The molecule has 3 heterocycles. The Hall–Kier alpha value is -3.06. The van der Waals surface area contributed by atoms with Crippen molar-refractivity contribution in [3.05, 3.63) is 53.0 Å². The second-order valence-electron chi connectivity index (χ2n) is 7.90. The zero-order chi connectivity index (χ0) is 22.0. The third kappa shape index (κ3) is 4.37. The first-order valence-electron chi connectivity index (χ1n) is 10.6. The number of hydrogen-bond acceptors (Lipinski definition) is 7. The number of methoxy groups -OCH3 is 2. The molecule has 4 rings (SSSR count). The minimum absolute atomic E-state index is 0.581. The van der Waals surface area contributed by atoms with Crippen molar-refractivity contribution in [1.82, 2.24) is 14.9 Å². The topological polar surface area (TPSA) is 63.9 Å². The number of hydrogen-bond donors (Lipinski definition) is 0. The fourth-order valence-electron chi connectivity index (χ4n) is 4.07. The van der Waals surface area contributed by atoms with E-state index < -0.39 is 0 Å². The van der Waals surface area contributed by atoms with E-state index in [4.69, 9.17) is 18.9 Å².